The monoisotopic (exact) mass is 226 g/mol. The molecule has 0 amide bonds. The summed E-state index contributed by atoms with van der Waals surface area (Å²) in [5, 5.41) is 3.45. The van der Waals surface area contributed by atoms with Crippen molar-refractivity contribution in [3.05, 3.63) is 0 Å². The molecular formula is C13H26N2O. The second kappa shape index (κ2) is 5.99. The van der Waals surface area contributed by atoms with Gasteiger partial charge < -0.3 is 10.1 Å². The first-order chi connectivity index (χ1) is 7.81. The van der Waals surface area contributed by atoms with E-state index in [-0.39, 0.29) is 0 Å². The molecule has 3 heteroatoms. The lowest BCUT2D eigenvalue weighted by Crippen LogP contribution is -2.47. The summed E-state index contributed by atoms with van der Waals surface area (Å²) in [7, 11) is 4.35. The fourth-order valence-electron chi connectivity index (χ4n) is 3.21. The van der Waals surface area contributed by atoms with E-state index in [4.69, 9.17) is 4.74 Å². The van der Waals surface area contributed by atoms with Gasteiger partial charge in [-0.15, -0.1) is 0 Å². The van der Waals surface area contributed by atoms with E-state index in [2.05, 4.69) is 24.3 Å². The quantitative estimate of drug-likeness (QED) is 0.788. The van der Waals surface area contributed by atoms with Gasteiger partial charge in [0.15, 0.2) is 0 Å². The van der Waals surface area contributed by atoms with Crippen LogP contribution in [0.1, 0.15) is 38.5 Å². The first kappa shape index (κ1) is 12.3. The minimum absolute atomic E-state index is 0.483. The van der Waals surface area contributed by atoms with Crippen LogP contribution in [-0.4, -0.2) is 50.3 Å². The summed E-state index contributed by atoms with van der Waals surface area (Å²) in [4.78, 5) is 2.52. The van der Waals surface area contributed by atoms with Crippen LogP contribution in [0.25, 0.3) is 0 Å². The minimum atomic E-state index is 0.483. The molecule has 94 valence electrons. The Morgan fingerprint density at radius 1 is 1.19 bits per heavy atom. The predicted octanol–water partition coefficient (Wildman–Crippen LogP) is 1.63. The number of rotatable bonds is 4. The molecule has 0 aromatic carbocycles. The maximum absolute atomic E-state index is 5.81. The van der Waals surface area contributed by atoms with E-state index in [0.29, 0.717) is 12.1 Å². The van der Waals surface area contributed by atoms with E-state index >= 15 is 0 Å². The number of nitrogens with zero attached hydrogens (tertiary/aromatic N) is 1. The third-order valence-electron chi connectivity index (χ3n) is 4.18. The summed E-state index contributed by atoms with van der Waals surface area (Å²) in [5.41, 5.74) is 0. The molecule has 0 radical (unpaired) electrons. The zero-order valence-corrected chi connectivity index (χ0v) is 10.7. The molecule has 0 bridgehead atoms. The Balaban J connectivity index is 1.79. The summed E-state index contributed by atoms with van der Waals surface area (Å²) in [5.74, 6) is 0. The topological polar surface area (TPSA) is 24.5 Å². The Hall–Kier alpha value is -0.120. The van der Waals surface area contributed by atoms with Crippen LogP contribution in [0.3, 0.4) is 0 Å². The molecule has 1 saturated heterocycles. The van der Waals surface area contributed by atoms with E-state index in [1.54, 1.807) is 0 Å². The average molecular weight is 226 g/mol. The van der Waals surface area contributed by atoms with E-state index in [1.807, 2.05) is 0 Å². The van der Waals surface area contributed by atoms with Crippen LogP contribution in [0.15, 0.2) is 0 Å². The van der Waals surface area contributed by atoms with Crippen LogP contribution in [0.4, 0.5) is 0 Å². The van der Waals surface area contributed by atoms with Crippen LogP contribution in [0.2, 0.25) is 0 Å². The van der Waals surface area contributed by atoms with Gasteiger partial charge in [-0.2, -0.15) is 0 Å². The lowest BCUT2D eigenvalue weighted by molar-refractivity contribution is -0.00932. The first-order valence-corrected chi connectivity index (χ1v) is 6.80. The maximum atomic E-state index is 5.81. The second-order valence-corrected chi connectivity index (χ2v) is 5.32. The molecule has 3 atom stereocenters. The molecule has 1 aliphatic carbocycles. The summed E-state index contributed by atoms with van der Waals surface area (Å²) in [6, 6.07) is 1.41. The zero-order chi connectivity index (χ0) is 11.4. The van der Waals surface area contributed by atoms with Crippen molar-refractivity contribution in [3.63, 3.8) is 0 Å². The van der Waals surface area contributed by atoms with Gasteiger partial charge in [0.05, 0.1) is 6.10 Å². The molecule has 2 aliphatic rings. The van der Waals surface area contributed by atoms with Crippen molar-refractivity contribution in [3.8, 4) is 0 Å². The van der Waals surface area contributed by atoms with Crippen LogP contribution < -0.4 is 5.32 Å². The molecule has 0 spiro atoms. The summed E-state index contributed by atoms with van der Waals surface area (Å²) >= 11 is 0. The highest BCUT2D eigenvalue weighted by molar-refractivity contribution is 4.89. The third-order valence-corrected chi connectivity index (χ3v) is 4.18. The van der Waals surface area contributed by atoms with Gasteiger partial charge in [-0.05, 0) is 46.2 Å². The zero-order valence-electron chi connectivity index (χ0n) is 10.7. The highest BCUT2D eigenvalue weighted by Crippen LogP contribution is 2.24. The Morgan fingerprint density at radius 3 is 2.75 bits per heavy atom. The standard InChI is InChI=1S/C13H26N2O/c1-14-12-7-5-8-13(12)15(2)10-11-6-3-4-9-16-11/h11-14H,3-10H2,1-2H3. The van der Waals surface area contributed by atoms with Gasteiger partial charge in [0.1, 0.15) is 0 Å². The third kappa shape index (κ3) is 2.96. The van der Waals surface area contributed by atoms with Crippen molar-refractivity contribution in [2.75, 3.05) is 27.2 Å². The average Bonchev–Trinajstić information content (AvgIpc) is 2.78. The lowest BCUT2D eigenvalue weighted by Gasteiger charge is -2.33. The van der Waals surface area contributed by atoms with Gasteiger partial charge in [0, 0.05) is 25.2 Å². The molecule has 1 N–H and O–H groups in total. The Labute approximate surface area is 99.5 Å². The molecule has 3 nitrogen and oxygen atoms in total. The Kier molecular flexibility index (Phi) is 4.62. The van der Waals surface area contributed by atoms with Crippen molar-refractivity contribution in [1.29, 1.82) is 0 Å². The van der Waals surface area contributed by atoms with E-state index in [9.17, 15) is 0 Å². The van der Waals surface area contributed by atoms with E-state index in [1.165, 1.54) is 38.5 Å². The van der Waals surface area contributed by atoms with E-state index < -0.39 is 0 Å². The molecule has 0 aromatic rings. The fraction of sp³-hybridized carbons (Fsp3) is 1.00. The lowest BCUT2D eigenvalue weighted by atomic mass is 10.1. The Bertz CT molecular complexity index is 204. The van der Waals surface area contributed by atoms with Gasteiger partial charge in [-0.25, -0.2) is 0 Å². The molecule has 2 rings (SSSR count). The summed E-state index contributed by atoms with van der Waals surface area (Å²) in [6.45, 7) is 2.08. The van der Waals surface area contributed by atoms with Crippen LogP contribution in [0, 0.1) is 0 Å². The molecule has 16 heavy (non-hydrogen) atoms. The second-order valence-electron chi connectivity index (χ2n) is 5.32. The molecule has 3 unspecified atom stereocenters. The van der Waals surface area contributed by atoms with Crippen LogP contribution in [0.5, 0.6) is 0 Å². The number of ether oxygens (including phenoxy) is 1. The van der Waals surface area contributed by atoms with Gasteiger partial charge >= 0.3 is 0 Å². The predicted molar refractivity (Wildman–Crippen MR) is 66.7 cm³/mol. The van der Waals surface area contributed by atoms with Gasteiger partial charge in [0.2, 0.25) is 0 Å². The smallest absolute Gasteiger partial charge is 0.0702 e. The largest absolute Gasteiger partial charge is 0.377 e. The molecule has 0 aromatic heterocycles. The number of hydrogen-bond donors (Lipinski definition) is 1. The SMILES string of the molecule is CNC1CCCC1N(C)CC1CCCCO1. The van der Waals surface area contributed by atoms with Crippen LogP contribution in [-0.2, 0) is 4.74 Å². The molecule has 1 aliphatic heterocycles. The molecular weight excluding hydrogens is 200 g/mol. The number of nitrogens with one attached hydrogen (secondary N) is 1. The summed E-state index contributed by atoms with van der Waals surface area (Å²) in [6.07, 6.45) is 8.37. The first-order valence-electron chi connectivity index (χ1n) is 6.80. The number of likely N-dealkylation sites (N-methyl/N-ethyl adjacent to an activating group) is 2. The highest BCUT2D eigenvalue weighted by atomic mass is 16.5. The number of hydrogen-bond acceptors (Lipinski definition) is 3. The van der Waals surface area contributed by atoms with Crippen molar-refractivity contribution >= 4 is 0 Å². The molecule has 2 fully saturated rings. The van der Waals surface area contributed by atoms with Crippen molar-refractivity contribution in [1.82, 2.24) is 10.2 Å². The van der Waals surface area contributed by atoms with Gasteiger partial charge in [0.25, 0.3) is 0 Å². The van der Waals surface area contributed by atoms with Crippen molar-refractivity contribution < 1.29 is 4.74 Å². The van der Waals surface area contributed by atoms with Crippen molar-refractivity contribution in [2.24, 2.45) is 0 Å². The van der Waals surface area contributed by atoms with Gasteiger partial charge in [-0.3, -0.25) is 4.90 Å². The molecule has 1 heterocycles. The molecule has 1 saturated carbocycles. The maximum Gasteiger partial charge on any atom is 0.0702 e. The normalized spacial score (nSPS) is 35.8. The minimum Gasteiger partial charge on any atom is -0.377 e. The van der Waals surface area contributed by atoms with Crippen molar-refractivity contribution in [2.45, 2.75) is 56.7 Å². The van der Waals surface area contributed by atoms with Crippen LogP contribution >= 0.6 is 0 Å². The summed E-state index contributed by atoms with van der Waals surface area (Å²) < 4.78 is 5.81. The van der Waals surface area contributed by atoms with Gasteiger partial charge in [-0.1, -0.05) is 6.42 Å². The highest BCUT2D eigenvalue weighted by Gasteiger charge is 2.30. The fourth-order valence-corrected chi connectivity index (χ4v) is 3.21. The van der Waals surface area contributed by atoms with E-state index in [0.717, 1.165) is 19.2 Å². The Morgan fingerprint density at radius 2 is 2.06 bits per heavy atom.